The first-order valence-electron chi connectivity index (χ1n) is 2.18. The van der Waals surface area contributed by atoms with Gasteiger partial charge in [0.15, 0.2) is 0 Å². The molecule has 46 valence electrons. The zero-order valence-corrected chi connectivity index (χ0v) is 6.84. The molecule has 0 amide bonds. The van der Waals surface area contributed by atoms with Crippen LogP contribution in [0.15, 0.2) is 21.6 Å². The lowest BCUT2D eigenvalue weighted by molar-refractivity contribution is 1.31. The average Bonchev–Trinajstić information content (AvgIpc) is 1.67. The van der Waals surface area contributed by atoms with Gasteiger partial charge in [0.05, 0.1) is 0 Å². The molecule has 8 heavy (non-hydrogen) atoms. The van der Waals surface area contributed by atoms with Crippen molar-refractivity contribution in [3.05, 3.63) is 21.6 Å². The maximum absolute atomic E-state index is 5.39. The van der Waals surface area contributed by atoms with E-state index in [0.717, 1.165) is 9.28 Å². The molecular weight excluding hydrogens is 215 g/mol. The molecule has 0 bridgehead atoms. The quantitative estimate of drug-likeness (QED) is 0.517. The van der Waals surface area contributed by atoms with Gasteiger partial charge in [-0.2, -0.15) is 0 Å². The second-order valence-corrected chi connectivity index (χ2v) is 2.55. The number of hydrogen-bond donors (Lipinski definition) is 2. The number of rotatable bonds is 1. The Morgan fingerprint density at radius 2 is 2.12 bits per heavy atom. The summed E-state index contributed by atoms with van der Waals surface area (Å²) in [6, 6.07) is 0. The van der Waals surface area contributed by atoms with E-state index < -0.39 is 0 Å². The minimum absolute atomic E-state index is 0.798. The lowest BCUT2D eigenvalue weighted by Gasteiger charge is -1.90. The SMILES string of the molecule is C/C(N)=C(I)/C=C\N. The van der Waals surface area contributed by atoms with Crippen molar-refractivity contribution in [2.24, 2.45) is 11.5 Å². The molecular formula is C5H9IN2. The van der Waals surface area contributed by atoms with Crippen LogP contribution in [0.2, 0.25) is 0 Å². The van der Waals surface area contributed by atoms with Crippen LogP contribution in [0.3, 0.4) is 0 Å². The van der Waals surface area contributed by atoms with Gasteiger partial charge in [0, 0.05) is 9.28 Å². The molecule has 0 saturated carbocycles. The summed E-state index contributed by atoms with van der Waals surface area (Å²) in [6.45, 7) is 1.84. The molecule has 2 nitrogen and oxygen atoms in total. The van der Waals surface area contributed by atoms with Crippen molar-refractivity contribution >= 4 is 22.6 Å². The minimum atomic E-state index is 0.798. The third-order valence-corrected chi connectivity index (χ3v) is 1.83. The van der Waals surface area contributed by atoms with E-state index >= 15 is 0 Å². The standard InChI is InChI=1S/C5H9IN2/c1-4(8)5(6)2-3-7/h2-3H,7-8H2,1H3/b3-2-,5-4+. The third kappa shape index (κ3) is 2.90. The molecule has 0 aromatic carbocycles. The largest absolute Gasteiger partial charge is 0.405 e. The van der Waals surface area contributed by atoms with Crippen LogP contribution in [0.5, 0.6) is 0 Å². The molecule has 0 heterocycles. The Kier molecular flexibility index (Phi) is 3.68. The van der Waals surface area contributed by atoms with Gasteiger partial charge in [0.2, 0.25) is 0 Å². The molecule has 0 aromatic heterocycles. The van der Waals surface area contributed by atoms with E-state index in [4.69, 9.17) is 11.5 Å². The monoisotopic (exact) mass is 224 g/mol. The molecule has 0 radical (unpaired) electrons. The van der Waals surface area contributed by atoms with Crippen LogP contribution in [-0.4, -0.2) is 0 Å². The zero-order chi connectivity index (χ0) is 6.57. The number of nitrogens with two attached hydrogens (primary N) is 2. The number of hydrogen-bond acceptors (Lipinski definition) is 2. The summed E-state index contributed by atoms with van der Waals surface area (Å²) in [5.41, 5.74) is 11.3. The molecule has 3 heteroatoms. The van der Waals surface area contributed by atoms with E-state index in [1.807, 2.05) is 6.92 Å². The van der Waals surface area contributed by atoms with Gasteiger partial charge >= 0.3 is 0 Å². The van der Waals surface area contributed by atoms with E-state index in [1.165, 1.54) is 6.20 Å². The summed E-state index contributed by atoms with van der Waals surface area (Å²) in [4.78, 5) is 0. The molecule has 0 atom stereocenters. The predicted molar refractivity (Wildman–Crippen MR) is 44.2 cm³/mol. The van der Waals surface area contributed by atoms with E-state index in [1.54, 1.807) is 6.08 Å². The fraction of sp³-hybridized carbons (Fsp3) is 0.200. The van der Waals surface area contributed by atoms with Crippen LogP contribution in [0, 0.1) is 0 Å². The Labute approximate surface area is 62.8 Å². The molecule has 4 N–H and O–H groups in total. The van der Waals surface area contributed by atoms with E-state index in [9.17, 15) is 0 Å². The highest BCUT2D eigenvalue weighted by Crippen LogP contribution is 2.08. The van der Waals surface area contributed by atoms with Gasteiger partial charge in [-0.25, -0.2) is 0 Å². The Morgan fingerprint density at radius 3 is 2.25 bits per heavy atom. The fourth-order valence-electron chi connectivity index (χ4n) is 0.216. The van der Waals surface area contributed by atoms with Crippen LogP contribution in [-0.2, 0) is 0 Å². The second kappa shape index (κ2) is 3.77. The maximum atomic E-state index is 5.39. The van der Waals surface area contributed by atoms with Gasteiger partial charge in [-0.05, 0) is 41.8 Å². The summed E-state index contributed by atoms with van der Waals surface area (Å²) in [7, 11) is 0. The summed E-state index contributed by atoms with van der Waals surface area (Å²) in [5.74, 6) is 0. The number of allylic oxidation sites excluding steroid dienone is 3. The Balaban J connectivity index is 4.00. The van der Waals surface area contributed by atoms with Gasteiger partial charge in [0.1, 0.15) is 0 Å². The topological polar surface area (TPSA) is 52.0 Å². The van der Waals surface area contributed by atoms with Crippen molar-refractivity contribution in [1.82, 2.24) is 0 Å². The van der Waals surface area contributed by atoms with Crippen molar-refractivity contribution in [2.75, 3.05) is 0 Å². The van der Waals surface area contributed by atoms with Crippen molar-refractivity contribution in [3.63, 3.8) is 0 Å². The third-order valence-electron chi connectivity index (χ3n) is 0.619. The second-order valence-electron chi connectivity index (χ2n) is 1.39. The van der Waals surface area contributed by atoms with Crippen LogP contribution < -0.4 is 11.5 Å². The van der Waals surface area contributed by atoms with E-state index in [0.29, 0.717) is 0 Å². The smallest absolute Gasteiger partial charge is 0.0329 e. The molecule has 0 aliphatic rings. The molecule has 0 aliphatic heterocycles. The first-order chi connectivity index (χ1) is 3.68. The van der Waals surface area contributed by atoms with E-state index in [2.05, 4.69) is 22.6 Å². The molecule has 0 rings (SSSR count). The van der Waals surface area contributed by atoms with Gasteiger partial charge in [-0.15, -0.1) is 0 Å². The summed E-state index contributed by atoms with van der Waals surface area (Å²) in [6.07, 6.45) is 3.23. The predicted octanol–water partition coefficient (Wildman–Crippen LogP) is 1.08. The molecule has 0 saturated heterocycles. The zero-order valence-electron chi connectivity index (χ0n) is 4.69. The van der Waals surface area contributed by atoms with Crippen molar-refractivity contribution in [1.29, 1.82) is 0 Å². The van der Waals surface area contributed by atoms with Crippen molar-refractivity contribution < 1.29 is 0 Å². The van der Waals surface area contributed by atoms with Crippen molar-refractivity contribution in [3.8, 4) is 0 Å². The van der Waals surface area contributed by atoms with Gasteiger partial charge < -0.3 is 11.5 Å². The molecule has 0 spiro atoms. The highest BCUT2D eigenvalue weighted by Gasteiger charge is 1.84. The van der Waals surface area contributed by atoms with Gasteiger partial charge in [0.25, 0.3) is 0 Å². The average molecular weight is 224 g/mol. The Morgan fingerprint density at radius 1 is 1.62 bits per heavy atom. The maximum Gasteiger partial charge on any atom is 0.0329 e. The van der Waals surface area contributed by atoms with Crippen LogP contribution in [0.25, 0.3) is 0 Å². The first-order valence-corrected chi connectivity index (χ1v) is 3.26. The molecule has 0 aliphatic carbocycles. The normalized spacial score (nSPS) is 14.2. The van der Waals surface area contributed by atoms with Crippen molar-refractivity contribution in [2.45, 2.75) is 6.92 Å². The number of halogens is 1. The highest BCUT2D eigenvalue weighted by molar-refractivity contribution is 14.1. The van der Waals surface area contributed by atoms with Gasteiger partial charge in [-0.1, -0.05) is 0 Å². The molecule has 0 aromatic rings. The van der Waals surface area contributed by atoms with Crippen LogP contribution in [0.1, 0.15) is 6.92 Å². The van der Waals surface area contributed by atoms with E-state index in [-0.39, 0.29) is 0 Å². The molecule has 0 unspecified atom stereocenters. The lowest BCUT2D eigenvalue weighted by atomic mass is 10.4. The van der Waals surface area contributed by atoms with Gasteiger partial charge in [-0.3, -0.25) is 0 Å². The highest BCUT2D eigenvalue weighted by atomic mass is 127. The Hall–Kier alpha value is -0.190. The van der Waals surface area contributed by atoms with Crippen LogP contribution in [0.4, 0.5) is 0 Å². The summed E-state index contributed by atoms with van der Waals surface area (Å²) in [5, 5.41) is 0. The summed E-state index contributed by atoms with van der Waals surface area (Å²) >= 11 is 2.12. The summed E-state index contributed by atoms with van der Waals surface area (Å²) < 4.78 is 0.991. The minimum Gasteiger partial charge on any atom is -0.405 e. The fourth-order valence-corrected chi connectivity index (χ4v) is 0.424. The first kappa shape index (κ1) is 7.81. The lowest BCUT2D eigenvalue weighted by Crippen LogP contribution is -1.91. The van der Waals surface area contributed by atoms with Crippen LogP contribution >= 0.6 is 22.6 Å². The molecule has 0 fully saturated rings. The Bertz CT molecular complexity index is 122.